The lowest BCUT2D eigenvalue weighted by molar-refractivity contribution is -0.151. The van der Waals surface area contributed by atoms with E-state index in [4.69, 9.17) is 7.85 Å². The van der Waals surface area contributed by atoms with Crippen LogP contribution >= 0.6 is 0 Å². The molecule has 0 aromatic carbocycles. The SMILES string of the molecule is [B]C(=O)NC1(C(=O)OC)CCC1. The van der Waals surface area contributed by atoms with E-state index in [2.05, 4.69) is 10.1 Å². The molecule has 0 bridgehead atoms. The molecule has 1 saturated carbocycles. The lowest BCUT2D eigenvalue weighted by Gasteiger charge is -2.39. The zero-order valence-corrected chi connectivity index (χ0v) is 6.92. The zero-order valence-electron chi connectivity index (χ0n) is 6.92. The van der Waals surface area contributed by atoms with Crippen molar-refractivity contribution in [1.29, 1.82) is 0 Å². The first-order valence-electron chi connectivity index (χ1n) is 3.77. The van der Waals surface area contributed by atoms with Gasteiger partial charge in [0.05, 0.1) is 7.11 Å². The number of carbonyl (C=O) groups excluding carboxylic acids is 2. The third-order valence-electron chi connectivity index (χ3n) is 2.15. The minimum Gasteiger partial charge on any atom is -0.467 e. The van der Waals surface area contributed by atoms with Gasteiger partial charge < -0.3 is 10.1 Å². The van der Waals surface area contributed by atoms with Crippen molar-refractivity contribution in [3.8, 4) is 0 Å². The summed E-state index contributed by atoms with van der Waals surface area (Å²) in [6.07, 6.45) is 2.14. The molecule has 4 nitrogen and oxygen atoms in total. The monoisotopic (exact) mass is 167 g/mol. The average Bonchev–Trinajstić information content (AvgIpc) is 1.95. The Morgan fingerprint density at radius 2 is 2.08 bits per heavy atom. The molecule has 0 saturated heterocycles. The van der Waals surface area contributed by atoms with Crippen LogP contribution in [0.3, 0.4) is 0 Å². The third-order valence-corrected chi connectivity index (χ3v) is 2.15. The highest BCUT2D eigenvalue weighted by molar-refractivity contribution is 6.57. The summed E-state index contributed by atoms with van der Waals surface area (Å²) in [4.78, 5) is 21.7. The Hall–Kier alpha value is -0.995. The van der Waals surface area contributed by atoms with Gasteiger partial charge in [-0.1, -0.05) is 0 Å². The smallest absolute Gasteiger partial charge is 0.331 e. The van der Waals surface area contributed by atoms with Gasteiger partial charge in [0.1, 0.15) is 5.54 Å². The Balaban J connectivity index is 2.62. The summed E-state index contributed by atoms with van der Waals surface area (Å²) in [6.45, 7) is 0. The summed E-state index contributed by atoms with van der Waals surface area (Å²) in [5.74, 6) is -1.09. The van der Waals surface area contributed by atoms with E-state index in [0.717, 1.165) is 6.42 Å². The minimum atomic E-state index is -0.833. The van der Waals surface area contributed by atoms with Gasteiger partial charge in [-0.25, -0.2) is 4.79 Å². The van der Waals surface area contributed by atoms with Crippen molar-refractivity contribution in [2.45, 2.75) is 24.8 Å². The molecule has 1 fully saturated rings. The molecule has 0 atom stereocenters. The molecule has 1 aliphatic rings. The van der Waals surface area contributed by atoms with Crippen molar-refractivity contribution in [3.63, 3.8) is 0 Å². The molecule has 2 radical (unpaired) electrons. The Labute approximate surface area is 72.1 Å². The molecule has 12 heavy (non-hydrogen) atoms. The van der Waals surface area contributed by atoms with Gasteiger partial charge in [-0.3, -0.25) is 4.79 Å². The van der Waals surface area contributed by atoms with Crippen molar-refractivity contribution in [3.05, 3.63) is 0 Å². The molecule has 1 aliphatic carbocycles. The van der Waals surface area contributed by atoms with E-state index in [-0.39, 0.29) is 0 Å². The molecule has 0 aromatic heterocycles. The summed E-state index contributed by atoms with van der Waals surface area (Å²) in [7, 11) is 6.22. The molecular formula is C7H10BNO3. The largest absolute Gasteiger partial charge is 0.467 e. The number of ether oxygens (including phenoxy) is 1. The van der Waals surface area contributed by atoms with E-state index < -0.39 is 17.3 Å². The fourth-order valence-corrected chi connectivity index (χ4v) is 1.34. The van der Waals surface area contributed by atoms with Crippen molar-refractivity contribution >= 4 is 19.6 Å². The van der Waals surface area contributed by atoms with Gasteiger partial charge in [-0.05, 0) is 19.3 Å². The number of hydrogen-bond donors (Lipinski definition) is 1. The number of nitrogens with one attached hydrogen (secondary N) is 1. The Morgan fingerprint density at radius 1 is 1.50 bits per heavy atom. The van der Waals surface area contributed by atoms with Crippen LogP contribution < -0.4 is 5.32 Å². The van der Waals surface area contributed by atoms with Gasteiger partial charge in [-0.2, -0.15) is 0 Å². The van der Waals surface area contributed by atoms with Crippen molar-refractivity contribution in [1.82, 2.24) is 5.32 Å². The van der Waals surface area contributed by atoms with Crippen LogP contribution in [0.15, 0.2) is 0 Å². The van der Waals surface area contributed by atoms with E-state index in [1.54, 1.807) is 0 Å². The number of carbonyl (C=O) groups is 2. The molecule has 0 spiro atoms. The van der Waals surface area contributed by atoms with E-state index in [0.29, 0.717) is 12.8 Å². The van der Waals surface area contributed by atoms with Gasteiger partial charge in [0.15, 0.2) is 5.81 Å². The normalized spacial score (nSPS) is 19.1. The number of esters is 1. The van der Waals surface area contributed by atoms with Gasteiger partial charge >= 0.3 is 5.97 Å². The quantitative estimate of drug-likeness (QED) is 0.463. The van der Waals surface area contributed by atoms with E-state index in [9.17, 15) is 9.59 Å². The second-order valence-corrected chi connectivity index (χ2v) is 2.92. The Morgan fingerprint density at radius 3 is 2.33 bits per heavy atom. The number of methoxy groups -OCH3 is 1. The molecular weight excluding hydrogens is 157 g/mol. The Bertz CT molecular complexity index is 213. The molecule has 1 N–H and O–H groups in total. The number of amides is 1. The lowest BCUT2D eigenvalue weighted by atomic mass is 9.76. The van der Waals surface area contributed by atoms with Crippen LogP contribution in [-0.4, -0.2) is 32.3 Å². The summed E-state index contributed by atoms with van der Waals surface area (Å²) in [6, 6.07) is 0. The first-order valence-corrected chi connectivity index (χ1v) is 3.77. The van der Waals surface area contributed by atoms with E-state index >= 15 is 0 Å². The maximum absolute atomic E-state index is 11.2. The average molecular weight is 167 g/mol. The second-order valence-electron chi connectivity index (χ2n) is 2.92. The topological polar surface area (TPSA) is 55.4 Å². The fourth-order valence-electron chi connectivity index (χ4n) is 1.34. The van der Waals surface area contributed by atoms with Gasteiger partial charge in [0.2, 0.25) is 7.85 Å². The molecule has 64 valence electrons. The first-order chi connectivity index (χ1) is 5.60. The highest BCUT2D eigenvalue weighted by atomic mass is 16.5. The van der Waals surface area contributed by atoms with Crippen molar-refractivity contribution in [2.75, 3.05) is 7.11 Å². The predicted molar refractivity (Wildman–Crippen MR) is 42.9 cm³/mol. The van der Waals surface area contributed by atoms with Crippen LogP contribution in [0.5, 0.6) is 0 Å². The first kappa shape index (κ1) is 9.10. The van der Waals surface area contributed by atoms with Crippen LogP contribution in [0.4, 0.5) is 4.79 Å². The maximum atomic E-state index is 11.2. The molecule has 0 heterocycles. The minimum absolute atomic E-state index is 0.410. The molecule has 0 unspecified atom stereocenters. The summed E-state index contributed by atoms with van der Waals surface area (Å²) in [5.41, 5.74) is -0.833. The molecule has 5 heteroatoms. The lowest BCUT2D eigenvalue weighted by Crippen LogP contribution is -2.59. The van der Waals surface area contributed by atoms with Crippen LogP contribution in [-0.2, 0) is 9.53 Å². The van der Waals surface area contributed by atoms with Crippen LogP contribution in [0.1, 0.15) is 19.3 Å². The Kier molecular flexibility index (Phi) is 2.40. The number of rotatable bonds is 2. The second kappa shape index (κ2) is 3.17. The molecule has 1 rings (SSSR count). The van der Waals surface area contributed by atoms with E-state index in [1.807, 2.05) is 0 Å². The van der Waals surface area contributed by atoms with Gasteiger partial charge in [-0.15, -0.1) is 0 Å². The zero-order chi connectivity index (χ0) is 9.19. The van der Waals surface area contributed by atoms with Crippen LogP contribution in [0, 0.1) is 0 Å². The molecule has 1 amide bonds. The molecule has 0 aliphatic heterocycles. The summed E-state index contributed by atoms with van der Waals surface area (Å²) in [5, 5.41) is 2.41. The molecule has 0 aromatic rings. The van der Waals surface area contributed by atoms with Gasteiger partial charge in [0, 0.05) is 0 Å². The summed E-state index contributed by atoms with van der Waals surface area (Å²) < 4.78 is 4.55. The third kappa shape index (κ3) is 1.44. The van der Waals surface area contributed by atoms with Crippen LogP contribution in [0.2, 0.25) is 0 Å². The predicted octanol–water partition coefficient (Wildman–Crippen LogP) is -0.0398. The van der Waals surface area contributed by atoms with Crippen molar-refractivity contribution in [2.24, 2.45) is 0 Å². The fraction of sp³-hybridized carbons (Fsp3) is 0.714. The van der Waals surface area contributed by atoms with Crippen molar-refractivity contribution < 1.29 is 14.3 Å². The summed E-state index contributed by atoms with van der Waals surface area (Å²) >= 11 is 0. The van der Waals surface area contributed by atoms with E-state index in [1.165, 1.54) is 7.11 Å². The standard InChI is InChI=1S/C7H10BNO3/c1-12-5(10)7(3-2-4-7)9-6(8)11/h2-4H2,1H3,(H,9,11). The maximum Gasteiger partial charge on any atom is 0.331 e. The number of hydrogen-bond acceptors (Lipinski definition) is 3. The highest BCUT2D eigenvalue weighted by Gasteiger charge is 2.45. The van der Waals surface area contributed by atoms with Gasteiger partial charge in [0.25, 0.3) is 0 Å². The van der Waals surface area contributed by atoms with Crippen LogP contribution in [0.25, 0.3) is 0 Å². The highest BCUT2D eigenvalue weighted by Crippen LogP contribution is 2.32.